The van der Waals surface area contributed by atoms with E-state index in [1.54, 1.807) is 11.3 Å². The van der Waals surface area contributed by atoms with Crippen LogP contribution in [0.2, 0.25) is 10.0 Å². The monoisotopic (exact) mass is 313 g/mol. The third kappa shape index (κ3) is 2.72. The van der Waals surface area contributed by atoms with Gasteiger partial charge in [-0.2, -0.15) is 0 Å². The number of halogens is 2. The summed E-state index contributed by atoms with van der Waals surface area (Å²) in [6, 6.07) is 3.94. The summed E-state index contributed by atoms with van der Waals surface area (Å²) < 4.78 is 0. The largest absolute Gasteiger partial charge is 0.375 e. The van der Waals surface area contributed by atoms with E-state index < -0.39 is 0 Å². The van der Waals surface area contributed by atoms with E-state index in [0.29, 0.717) is 15.2 Å². The number of benzene rings is 1. The van der Waals surface area contributed by atoms with Crippen LogP contribution in [0.4, 0.5) is 5.13 Å². The summed E-state index contributed by atoms with van der Waals surface area (Å²) in [7, 11) is 0. The average molecular weight is 314 g/mol. The Bertz CT molecular complexity index is 612. The Morgan fingerprint density at radius 3 is 2.95 bits per heavy atom. The molecule has 0 bridgehead atoms. The number of hydrogen-bond donors (Lipinski definition) is 1. The summed E-state index contributed by atoms with van der Waals surface area (Å²) in [5, 5.41) is 1.98. The number of thiazole rings is 1. The van der Waals surface area contributed by atoms with Crippen molar-refractivity contribution in [3.63, 3.8) is 0 Å². The molecule has 19 heavy (non-hydrogen) atoms. The van der Waals surface area contributed by atoms with E-state index in [0.717, 1.165) is 26.1 Å². The standard InChI is InChI=1S/C13H13Cl2N3S/c14-11-2-1-8-6-18(4-3-10(8)12(11)15)7-9-5-17-13(16)19-9/h1-2,5H,3-4,6-7H2,(H2,16,17). The van der Waals surface area contributed by atoms with Crippen LogP contribution in [0, 0.1) is 0 Å². The first kappa shape index (κ1) is 13.2. The molecule has 0 aliphatic carbocycles. The van der Waals surface area contributed by atoms with E-state index in [4.69, 9.17) is 28.9 Å². The van der Waals surface area contributed by atoms with E-state index in [2.05, 4.69) is 16.0 Å². The second-order valence-corrected chi connectivity index (χ2v) is 6.56. The molecule has 0 amide bonds. The van der Waals surface area contributed by atoms with Crippen molar-refractivity contribution < 1.29 is 0 Å². The minimum absolute atomic E-state index is 0.627. The van der Waals surface area contributed by atoms with Crippen LogP contribution in [0.1, 0.15) is 16.0 Å². The van der Waals surface area contributed by atoms with Crippen LogP contribution < -0.4 is 5.73 Å². The van der Waals surface area contributed by atoms with Crippen molar-refractivity contribution >= 4 is 39.7 Å². The fourth-order valence-corrected chi connectivity index (χ4v) is 3.57. The Morgan fingerprint density at radius 2 is 2.21 bits per heavy atom. The molecule has 1 aliphatic rings. The predicted molar refractivity (Wildman–Crippen MR) is 80.8 cm³/mol. The minimum Gasteiger partial charge on any atom is -0.375 e. The van der Waals surface area contributed by atoms with Crippen LogP contribution in [0.25, 0.3) is 0 Å². The van der Waals surface area contributed by atoms with Crippen molar-refractivity contribution in [1.82, 2.24) is 9.88 Å². The Labute approximate surface area is 126 Å². The van der Waals surface area contributed by atoms with Crippen LogP contribution in [0.3, 0.4) is 0 Å². The van der Waals surface area contributed by atoms with E-state index in [1.807, 2.05) is 12.3 Å². The fraction of sp³-hybridized carbons (Fsp3) is 0.308. The SMILES string of the molecule is Nc1ncc(CN2CCc3c(ccc(Cl)c3Cl)C2)s1. The van der Waals surface area contributed by atoms with Gasteiger partial charge in [0, 0.05) is 30.7 Å². The molecule has 100 valence electrons. The molecule has 2 N–H and O–H groups in total. The molecule has 3 nitrogen and oxygen atoms in total. The first-order chi connectivity index (χ1) is 9.13. The second-order valence-electron chi connectivity index (χ2n) is 4.62. The molecular formula is C13H13Cl2N3S. The Balaban J connectivity index is 1.77. The molecule has 6 heteroatoms. The highest BCUT2D eigenvalue weighted by atomic mass is 35.5. The number of fused-ring (bicyclic) bond motifs is 1. The lowest BCUT2D eigenvalue weighted by Crippen LogP contribution is -2.29. The van der Waals surface area contributed by atoms with Gasteiger partial charge >= 0.3 is 0 Å². The maximum absolute atomic E-state index is 6.25. The predicted octanol–water partition coefficient (Wildman–Crippen LogP) is 3.59. The number of nitrogen functional groups attached to an aromatic ring is 1. The van der Waals surface area contributed by atoms with Crippen LogP contribution in [0.15, 0.2) is 18.3 Å². The summed E-state index contributed by atoms with van der Waals surface area (Å²) >= 11 is 13.8. The average Bonchev–Trinajstić information content (AvgIpc) is 2.80. The number of rotatable bonds is 2. The van der Waals surface area contributed by atoms with Crippen LogP contribution in [-0.2, 0) is 19.5 Å². The summed E-state index contributed by atoms with van der Waals surface area (Å²) in [6.45, 7) is 2.75. The molecule has 0 saturated heterocycles. The fourth-order valence-electron chi connectivity index (χ4n) is 2.39. The van der Waals surface area contributed by atoms with Gasteiger partial charge in [0.1, 0.15) is 0 Å². The van der Waals surface area contributed by atoms with Gasteiger partial charge in [0.15, 0.2) is 5.13 Å². The smallest absolute Gasteiger partial charge is 0.180 e. The molecule has 1 aromatic carbocycles. The number of nitrogens with two attached hydrogens (primary N) is 1. The number of aromatic nitrogens is 1. The van der Waals surface area contributed by atoms with Crippen molar-refractivity contribution in [2.75, 3.05) is 12.3 Å². The van der Waals surface area contributed by atoms with Crippen molar-refractivity contribution in [2.24, 2.45) is 0 Å². The summed E-state index contributed by atoms with van der Waals surface area (Å²) in [4.78, 5) is 7.65. The molecule has 2 aromatic rings. The van der Waals surface area contributed by atoms with Crippen molar-refractivity contribution in [2.45, 2.75) is 19.5 Å². The van der Waals surface area contributed by atoms with Gasteiger partial charge < -0.3 is 5.73 Å². The highest BCUT2D eigenvalue weighted by Crippen LogP contribution is 2.32. The lowest BCUT2D eigenvalue weighted by molar-refractivity contribution is 0.247. The molecular weight excluding hydrogens is 301 g/mol. The van der Waals surface area contributed by atoms with Gasteiger partial charge in [0.05, 0.1) is 10.0 Å². The van der Waals surface area contributed by atoms with Crippen LogP contribution >= 0.6 is 34.5 Å². The Kier molecular flexibility index (Phi) is 3.67. The minimum atomic E-state index is 0.627. The lowest BCUT2D eigenvalue weighted by Gasteiger charge is -2.29. The Hall–Kier alpha value is -0.810. The second kappa shape index (κ2) is 5.29. The first-order valence-corrected chi connectivity index (χ1v) is 7.59. The van der Waals surface area contributed by atoms with E-state index >= 15 is 0 Å². The number of hydrogen-bond acceptors (Lipinski definition) is 4. The summed E-state index contributed by atoms with van der Waals surface area (Å²) in [5.41, 5.74) is 8.10. The van der Waals surface area contributed by atoms with Crippen molar-refractivity contribution in [3.05, 3.63) is 44.4 Å². The van der Waals surface area contributed by atoms with Crippen LogP contribution in [-0.4, -0.2) is 16.4 Å². The summed E-state index contributed by atoms with van der Waals surface area (Å²) in [6.07, 6.45) is 2.79. The first-order valence-electron chi connectivity index (χ1n) is 6.02. The third-order valence-electron chi connectivity index (χ3n) is 3.32. The van der Waals surface area contributed by atoms with E-state index in [1.165, 1.54) is 16.0 Å². The molecule has 0 fully saturated rings. The maximum Gasteiger partial charge on any atom is 0.180 e. The van der Waals surface area contributed by atoms with E-state index in [-0.39, 0.29) is 0 Å². The molecule has 0 spiro atoms. The lowest BCUT2D eigenvalue weighted by atomic mass is 10.00. The highest BCUT2D eigenvalue weighted by Gasteiger charge is 2.20. The molecule has 2 heterocycles. The highest BCUT2D eigenvalue weighted by molar-refractivity contribution is 7.15. The van der Waals surface area contributed by atoms with E-state index in [9.17, 15) is 0 Å². The normalized spacial score (nSPS) is 15.5. The molecule has 0 radical (unpaired) electrons. The van der Waals surface area contributed by atoms with Gasteiger partial charge in [-0.25, -0.2) is 4.98 Å². The van der Waals surface area contributed by atoms with Gasteiger partial charge in [-0.3, -0.25) is 4.90 Å². The van der Waals surface area contributed by atoms with Gasteiger partial charge in [-0.05, 0) is 23.6 Å². The van der Waals surface area contributed by atoms with Gasteiger partial charge in [-0.15, -0.1) is 11.3 Å². The number of anilines is 1. The summed E-state index contributed by atoms with van der Waals surface area (Å²) in [5.74, 6) is 0. The van der Waals surface area contributed by atoms with Crippen LogP contribution in [0.5, 0.6) is 0 Å². The zero-order valence-corrected chi connectivity index (χ0v) is 12.5. The number of nitrogens with zero attached hydrogens (tertiary/aromatic N) is 2. The molecule has 3 rings (SSSR count). The van der Waals surface area contributed by atoms with Crippen molar-refractivity contribution in [1.29, 1.82) is 0 Å². The molecule has 1 aliphatic heterocycles. The molecule has 0 atom stereocenters. The van der Waals surface area contributed by atoms with Gasteiger partial charge in [-0.1, -0.05) is 29.3 Å². The maximum atomic E-state index is 6.25. The topological polar surface area (TPSA) is 42.1 Å². The zero-order valence-electron chi connectivity index (χ0n) is 10.2. The van der Waals surface area contributed by atoms with Gasteiger partial charge in [0.25, 0.3) is 0 Å². The third-order valence-corrected chi connectivity index (χ3v) is 4.97. The quantitative estimate of drug-likeness (QED) is 0.921. The molecule has 0 unspecified atom stereocenters. The van der Waals surface area contributed by atoms with Crippen molar-refractivity contribution in [3.8, 4) is 0 Å². The zero-order chi connectivity index (χ0) is 13.4. The Morgan fingerprint density at radius 1 is 1.37 bits per heavy atom. The van der Waals surface area contributed by atoms with Gasteiger partial charge in [0.2, 0.25) is 0 Å². The molecule has 1 aromatic heterocycles. The molecule has 0 saturated carbocycles.